The molecule has 0 amide bonds. The molecule has 0 radical (unpaired) electrons. The third-order valence-corrected chi connectivity index (χ3v) is 2.73. The first kappa shape index (κ1) is 9.82. The highest BCUT2D eigenvalue weighted by atomic mass is 32.2. The molecule has 78 valence electrons. The first-order valence-electron chi connectivity index (χ1n) is 4.64. The zero-order chi connectivity index (χ0) is 9.97. The molecule has 6 heteroatoms. The number of ether oxygens (including phenoxy) is 1. The SMILES string of the molecule is CCNC1COc2c(SN)cnn2C1. The molecule has 1 aliphatic heterocycles. The highest BCUT2D eigenvalue weighted by Crippen LogP contribution is 2.28. The molecule has 1 atom stereocenters. The Balaban J connectivity index is 2.12. The van der Waals surface area contributed by atoms with E-state index in [2.05, 4.69) is 17.3 Å². The van der Waals surface area contributed by atoms with Crippen LogP contribution in [0.3, 0.4) is 0 Å². The highest BCUT2D eigenvalue weighted by Gasteiger charge is 2.22. The van der Waals surface area contributed by atoms with Crippen molar-refractivity contribution in [3.63, 3.8) is 0 Å². The van der Waals surface area contributed by atoms with Gasteiger partial charge in [0.15, 0.2) is 0 Å². The molecule has 0 bridgehead atoms. The van der Waals surface area contributed by atoms with Gasteiger partial charge in [-0.15, -0.1) is 0 Å². The Kier molecular flexibility index (Phi) is 2.95. The molecule has 0 saturated heterocycles. The van der Waals surface area contributed by atoms with Gasteiger partial charge in [-0.3, -0.25) is 5.14 Å². The Morgan fingerprint density at radius 3 is 3.43 bits per heavy atom. The summed E-state index contributed by atoms with van der Waals surface area (Å²) in [5.41, 5.74) is 0. The minimum atomic E-state index is 0.350. The van der Waals surface area contributed by atoms with Gasteiger partial charge in [0.25, 0.3) is 0 Å². The number of hydrogen-bond donors (Lipinski definition) is 2. The largest absolute Gasteiger partial charge is 0.475 e. The average molecular weight is 214 g/mol. The summed E-state index contributed by atoms with van der Waals surface area (Å²) in [6, 6.07) is 0.350. The predicted octanol–water partition coefficient (Wildman–Crippen LogP) is 0.219. The van der Waals surface area contributed by atoms with Gasteiger partial charge in [0.2, 0.25) is 5.88 Å². The van der Waals surface area contributed by atoms with Crippen molar-refractivity contribution in [3.8, 4) is 5.88 Å². The zero-order valence-electron chi connectivity index (χ0n) is 8.06. The number of rotatable bonds is 3. The Hall–Kier alpha value is -0.720. The first-order chi connectivity index (χ1) is 6.85. The normalized spacial score (nSPS) is 20.3. The minimum Gasteiger partial charge on any atom is -0.475 e. The molecular weight excluding hydrogens is 200 g/mol. The Morgan fingerprint density at radius 2 is 2.71 bits per heavy atom. The van der Waals surface area contributed by atoms with Crippen molar-refractivity contribution in [1.82, 2.24) is 15.1 Å². The van der Waals surface area contributed by atoms with Gasteiger partial charge in [0.05, 0.1) is 18.8 Å². The lowest BCUT2D eigenvalue weighted by molar-refractivity contribution is 0.181. The molecule has 1 aromatic rings. The van der Waals surface area contributed by atoms with Gasteiger partial charge in [-0.2, -0.15) is 5.10 Å². The maximum Gasteiger partial charge on any atom is 0.227 e. The molecule has 0 spiro atoms. The standard InChI is InChI=1S/C8H14N4OS/c1-2-10-6-4-12-8(13-5-6)7(14-9)3-11-12/h3,6,10H,2,4-5,9H2,1H3. The summed E-state index contributed by atoms with van der Waals surface area (Å²) in [6.45, 7) is 4.57. The molecule has 2 heterocycles. The summed E-state index contributed by atoms with van der Waals surface area (Å²) < 4.78 is 7.44. The number of nitrogens with one attached hydrogen (secondary N) is 1. The van der Waals surface area contributed by atoms with Gasteiger partial charge in [0, 0.05) is 0 Å². The number of nitrogens with zero attached hydrogens (tertiary/aromatic N) is 2. The fourth-order valence-corrected chi connectivity index (χ4v) is 1.94. The van der Waals surface area contributed by atoms with E-state index in [9.17, 15) is 0 Å². The topological polar surface area (TPSA) is 65.1 Å². The van der Waals surface area contributed by atoms with Gasteiger partial charge < -0.3 is 10.1 Å². The number of likely N-dealkylation sites (N-methyl/N-ethyl adjacent to an activating group) is 1. The van der Waals surface area contributed by atoms with Crippen molar-refractivity contribution in [2.24, 2.45) is 5.14 Å². The van der Waals surface area contributed by atoms with E-state index in [-0.39, 0.29) is 0 Å². The van der Waals surface area contributed by atoms with E-state index in [4.69, 9.17) is 9.88 Å². The van der Waals surface area contributed by atoms with Gasteiger partial charge in [-0.25, -0.2) is 4.68 Å². The summed E-state index contributed by atoms with van der Waals surface area (Å²) in [4.78, 5) is 0.903. The lowest BCUT2D eigenvalue weighted by Gasteiger charge is -2.24. The smallest absolute Gasteiger partial charge is 0.227 e. The quantitative estimate of drug-likeness (QED) is 0.705. The second-order valence-electron chi connectivity index (χ2n) is 3.18. The van der Waals surface area contributed by atoms with Crippen LogP contribution in [0.25, 0.3) is 0 Å². The molecule has 5 nitrogen and oxygen atoms in total. The van der Waals surface area contributed by atoms with Crippen LogP contribution in [0, 0.1) is 0 Å². The van der Waals surface area contributed by atoms with Gasteiger partial charge in [-0.1, -0.05) is 6.92 Å². The van der Waals surface area contributed by atoms with Crippen molar-refractivity contribution in [2.45, 2.75) is 24.4 Å². The van der Waals surface area contributed by atoms with Crippen LogP contribution in [0.2, 0.25) is 0 Å². The molecule has 1 aliphatic rings. The van der Waals surface area contributed by atoms with Crippen LogP contribution in [0.5, 0.6) is 5.88 Å². The summed E-state index contributed by atoms with van der Waals surface area (Å²) in [5, 5.41) is 13.0. The monoisotopic (exact) mass is 214 g/mol. The first-order valence-corrected chi connectivity index (χ1v) is 5.51. The maximum atomic E-state index is 5.59. The molecular formula is C8H14N4OS. The van der Waals surface area contributed by atoms with Crippen molar-refractivity contribution >= 4 is 11.9 Å². The second kappa shape index (κ2) is 4.20. The van der Waals surface area contributed by atoms with Crippen LogP contribution in [0.1, 0.15) is 6.92 Å². The minimum absolute atomic E-state index is 0.350. The van der Waals surface area contributed by atoms with Gasteiger partial charge in [-0.05, 0) is 18.5 Å². The molecule has 2 rings (SSSR count). The zero-order valence-corrected chi connectivity index (χ0v) is 8.88. The van der Waals surface area contributed by atoms with Gasteiger partial charge >= 0.3 is 0 Å². The van der Waals surface area contributed by atoms with E-state index in [1.807, 2.05) is 4.68 Å². The van der Waals surface area contributed by atoms with E-state index in [0.29, 0.717) is 12.6 Å². The summed E-state index contributed by atoms with van der Waals surface area (Å²) >= 11 is 1.18. The molecule has 0 aromatic carbocycles. The molecule has 14 heavy (non-hydrogen) atoms. The van der Waals surface area contributed by atoms with E-state index >= 15 is 0 Å². The molecule has 1 aromatic heterocycles. The Bertz CT molecular complexity index is 314. The van der Waals surface area contributed by atoms with Crippen molar-refractivity contribution in [2.75, 3.05) is 13.2 Å². The Labute approximate surface area is 87.1 Å². The molecule has 3 N–H and O–H groups in total. The van der Waals surface area contributed by atoms with Crippen LogP contribution < -0.4 is 15.2 Å². The highest BCUT2D eigenvalue weighted by molar-refractivity contribution is 7.97. The Morgan fingerprint density at radius 1 is 1.86 bits per heavy atom. The summed E-state index contributed by atoms with van der Waals surface area (Å²) in [5.74, 6) is 0.798. The third-order valence-electron chi connectivity index (χ3n) is 2.19. The van der Waals surface area contributed by atoms with Crippen LogP contribution in [0.15, 0.2) is 11.1 Å². The molecule has 0 aliphatic carbocycles. The van der Waals surface area contributed by atoms with Crippen molar-refractivity contribution < 1.29 is 4.74 Å². The van der Waals surface area contributed by atoms with Gasteiger partial charge in [0.1, 0.15) is 11.5 Å². The average Bonchev–Trinajstić information content (AvgIpc) is 2.60. The molecule has 1 unspecified atom stereocenters. The summed E-state index contributed by atoms with van der Waals surface area (Å²) in [7, 11) is 0. The van der Waals surface area contributed by atoms with Crippen molar-refractivity contribution in [3.05, 3.63) is 6.20 Å². The van der Waals surface area contributed by atoms with Crippen LogP contribution in [-0.2, 0) is 6.54 Å². The number of fused-ring (bicyclic) bond motifs is 1. The van der Waals surface area contributed by atoms with Crippen molar-refractivity contribution in [1.29, 1.82) is 0 Å². The van der Waals surface area contributed by atoms with Crippen LogP contribution >= 0.6 is 11.9 Å². The van der Waals surface area contributed by atoms with Crippen LogP contribution in [-0.4, -0.2) is 29.0 Å². The molecule has 0 fully saturated rings. The molecule has 0 saturated carbocycles. The predicted molar refractivity (Wildman–Crippen MR) is 55.2 cm³/mol. The summed E-state index contributed by atoms with van der Waals surface area (Å²) in [6.07, 6.45) is 1.74. The maximum absolute atomic E-state index is 5.59. The third kappa shape index (κ3) is 1.73. The number of nitrogens with two attached hydrogens (primary N) is 1. The van der Waals surface area contributed by atoms with Crippen LogP contribution in [0.4, 0.5) is 0 Å². The number of hydrogen-bond acceptors (Lipinski definition) is 5. The van der Waals surface area contributed by atoms with E-state index < -0.39 is 0 Å². The second-order valence-corrected chi connectivity index (χ2v) is 3.86. The van der Waals surface area contributed by atoms with E-state index in [0.717, 1.165) is 23.9 Å². The lowest BCUT2D eigenvalue weighted by atomic mass is 10.3. The number of aromatic nitrogens is 2. The van der Waals surface area contributed by atoms with E-state index in [1.54, 1.807) is 6.20 Å². The lowest BCUT2D eigenvalue weighted by Crippen LogP contribution is -2.41. The fourth-order valence-electron chi connectivity index (χ4n) is 1.57. The van der Waals surface area contributed by atoms with E-state index in [1.165, 1.54) is 11.9 Å². The fraction of sp³-hybridized carbons (Fsp3) is 0.625.